The third-order valence-electron chi connectivity index (χ3n) is 6.04. The van der Waals surface area contributed by atoms with Crippen molar-refractivity contribution in [2.24, 2.45) is 0 Å². The average molecular weight is 462 g/mol. The van der Waals surface area contributed by atoms with Gasteiger partial charge in [0.25, 0.3) is 5.91 Å². The first-order chi connectivity index (χ1) is 15.4. The molecule has 4 rings (SSSR count). The molecule has 9 heteroatoms. The zero-order valence-corrected chi connectivity index (χ0v) is 19.0. The fourth-order valence-corrected chi connectivity index (χ4v) is 5.88. The van der Waals surface area contributed by atoms with Gasteiger partial charge in [0.2, 0.25) is 10.0 Å². The average Bonchev–Trinajstić information content (AvgIpc) is 2.84. The van der Waals surface area contributed by atoms with E-state index >= 15 is 0 Å². The summed E-state index contributed by atoms with van der Waals surface area (Å²) in [4.78, 5) is 17.2. The van der Waals surface area contributed by atoms with Crippen LogP contribution >= 0.6 is 0 Å². The zero-order chi connectivity index (χ0) is 22.7. The lowest BCUT2D eigenvalue weighted by Gasteiger charge is -2.36. The molecule has 0 atom stereocenters. The number of anilines is 1. The molecule has 2 saturated heterocycles. The zero-order valence-electron chi connectivity index (χ0n) is 18.2. The molecule has 0 unspecified atom stereocenters. The smallest absolute Gasteiger partial charge is 0.254 e. The van der Waals surface area contributed by atoms with Gasteiger partial charge in [0.05, 0.1) is 18.1 Å². The number of sulfonamides is 1. The number of piperazine rings is 1. The summed E-state index contributed by atoms with van der Waals surface area (Å²) in [6, 6.07) is 11.3. The van der Waals surface area contributed by atoms with Gasteiger partial charge in [-0.1, -0.05) is 13.0 Å². The Hall–Kier alpha value is -2.49. The Balaban J connectivity index is 1.50. The van der Waals surface area contributed by atoms with Crippen molar-refractivity contribution in [3.8, 4) is 0 Å². The van der Waals surface area contributed by atoms with Gasteiger partial charge >= 0.3 is 0 Å². The first-order valence-corrected chi connectivity index (χ1v) is 12.3. The van der Waals surface area contributed by atoms with Crippen molar-refractivity contribution in [2.45, 2.75) is 18.2 Å². The number of carbonyl (C=O) groups excluding carboxylic acids is 1. The molecule has 1 amide bonds. The lowest BCUT2D eigenvalue weighted by atomic mass is 10.1. The predicted octanol–water partition coefficient (Wildman–Crippen LogP) is 2.37. The maximum atomic E-state index is 13.3. The number of amides is 1. The molecule has 0 radical (unpaired) electrons. The maximum Gasteiger partial charge on any atom is 0.254 e. The summed E-state index contributed by atoms with van der Waals surface area (Å²) in [5.74, 6) is -0.453. The SMILES string of the molecule is CCc1ccc(C(=O)N2CCN(c3ccc(F)cc3)CC2)cc1S(=O)(=O)N1CCOCC1. The second-order valence-electron chi connectivity index (χ2n) is 7.95. The van der Waals surface area contributed by atoms with E-state index in [-0.39, 0.29) is 16.6 Å². The molecule has 0 aromatic heterocycles. The van der Waals surface area contributed by atoms with E-state index in [0.717, 1.165) is 5.69 Å². The van der Waals surface area contributed by atoms with Crippen molar-refractivity contribution in [3.63, 3.8) is 0 Å². The minimum Gasteiger partial charge on any atom is -0.379 e. The van der Waals surface area contributed by atoms with Crippen LogP contribution in [0.1, 0.15) is 22.8 Å². The Morgan fingerprint density at radius 3 is 2.25 bits per heavy atom. The van der Waals surface area contributed by atoms with Crippen LogP contribution in [0.25, 0.3) is 0 Å². The van der Waals surface area contributed by atoms with Crippen LogP contribution in [0.15, 0.2) is 47.4 Å². The number of aryl methyl sites for hydroxylation is 1. The van der Waals surface area contributed by atoms with Crippen molar-refractivity contribution in [3.05, 3.63) is 59.4 Å². The lowest BCUT2D eigenvalue weighted by Crippen LogP contribution is -2.48. The van der Waals surface area contributed by atoms with Crippen molar-refractivity contribution in [1.82, 2.24) is 9.21 Å². The summed E-state index contributed by atoms with van der Waals surface area (Å²) in [6.07, 6.45) is 0.559. The van der Waals surface area contributed by atoms with Gasteiger partial charge in [-0.25, -0.2) is 12.8 Å². The van der Waals surface area contributed by atoms with Crippen LogP contribution in [0.4, 0.5) is 10.1 Å². The number of hydrogen-bond donors (Lipinski definition) is 0. The summed E-state index contributed by atoms with van der Waals surface area (Å²) in [7, 11) is -3.70. The van der Waals surface area contributed by atoms with E-state index in [4.69, 9.17) is 4.74 Å². The van der Waals surface area contributed by atoms with Gasteiger partial charge < -0.3 is 14.5 Å². The van der Waals surface area contributed by atoms with Crippen LogP contribution in [0.2, 0.25) is 0 Å². The van der Waals surface area contributed by atoms with Crippen molar-refractivity contribution in [1.29, 1.82) is 0 Å². The Morgan fingerprint density at radius 1 is 0.969 bits per heavy atom. The number of halogens is 1. The number of morpholine rings is 1. The summed E-state index contributed by atoms with van der Waals surface area (Å²) in [5.41, 5.74) is 2.00. The summed E-state index contributed by atoms with van der Waals surface area (Å²) < 4.78 is 46.4. The molecule has 2 fully saturated rings. The van der Waals surface area contributed by atoms with Gasteiger partial charge in [-0.05, 0) is 48.4 Å². The highest BCUT2D eigenvalue weighted by molar-refractivity contribution is 7.89. The second kappa shape index (κ2) is 9.56. The Bertz CT molecular complexity index is 1060. The highest BCUT2D eigenvalue weighted by Crippen LogP contribution is 2.25. The Kier molecular flexibility index (Phi) is 6.78. The topological polar surface area (TPSA) is 70.2 Å². The number of carbonyl (C=O) groups is 1. The van der Waals surface area contributed by atoms with E-state index in [1.807, 2.05) is 6.92 Å². The fraction of sp³-hybridized carbons (Fsp3) is 0.435. The molecule has 0 N–H and O–H groups in total. The van der Waals surface area contributed by atoms with E-state index in [2.05, 4.69) is 4.90 Å². The van der Waals surface area contributed by atoms with Crippen molar-refractivity contribution in [2.75, 3.05) is 57.4 Å². The normalized spacial score (nSPS) is 18.1. The molecular weight excluding hydrogens is 433 g/mol. The molecular formula is C23H28FN3O4S. The van der Waals surface area contributed by atoms with Crippen LogP contribution in [-0.2, 0) is 21.2 Å². The summed E-state index contributed by atoms with van der Waals surface area (Å²) in [5, 5.41) is 0. The number of hydrogen-bond acceptors (Lipinski definition) is 5. The van der Waals surface area contributed by atoms with E-state index in [1.54, 1.807) is 29.2 Å². The molecule has 0 aliphatic carbocycles. The van der Waals surface area contributed by atoms with Gasteiger partial charge in [0.15, 0.2) is 0 Å². The molecule has 0 spiro atoms. The maximum absolute atomic E-state index is 13.3. The molecule has 2 aliphatic heterocycles. The van der Waals surface area contributed by atoms with Gasteiger partial charge in [0.1, 0.15) is 5.82 Å². The molecule has 2 aromatic rings. The first-order valence-electron chi connectivity index (χ1n) is 10.9. The van der Waals surface area contributed by atoms with E-state index in [9.17, 15) is 17.6 Å². The van der Waals surface area contributed by atoms with E-state index in [0.29, 0.717) is 70.0 Å². The fourth-order valence-electron chi connectivity index (χ4n) is 4.15. The van der Waals surface area contributed by atoms with Crippen LogP contribution in [0.5, 0.6) is 0 Å². The molecule has 32 heavy (non-hydrogen) atoms. The first kappa shape index (κ1) is 22.7. The highest BCUT2D eigenvalue weighted by Gasteiger charge is 2.30. The van der Waals surface area contributed by atoms with Crippen LogP contribution in [0.3, 0.4) is 0 Å². The van der Waals surface area contributed by atoms with Crippen LogP contribution in [-0.4, -0.2) is 76.0 Å². The summed E-state index contributed by atoms with van der Waals surface area (Å²) in [6.45, 7) is 5.56. The molecule has 0 bridgehead atoms. The monoisotopic (exact) mass is 461 g/mol. The second-order valence-corrected chi connectivity index (χ2v) is 9.85. The molecule has 172 valence electrons. The van der Waals surface area contributed by atoms with Crippen LogP contribution < -0.4 is 4.90 Å². The number of rotatable bonds is 5. The molecule has 2 aromatic carbocycles. The minimum atomic E-state index is -3.70. The van der Waals surface area contributed by atoms with Crippen molar-refractivity contribution >= 4 is 21.6 Å². The largest absolute Gasteiger partial charge is 0.379 e. The predicted molar refractivity (Wildman–Crippen MR) is 120 cm³/mol. The Labute approximate surface area is 188 Å². The third-order valence-corrected chi connectivity index (χ3v) is 8.02. The van der Waals surface area contributed by atoms with Gasteiger partial charge in [-0.2, -0.15) is 4.31 Å². The standard InChI is InChI=1S/C23H28FN3O4S/c1-2-18-3-4-19(17-22(18)32(29,30)27-13-15-31-16-14-27)23(28)26-11-9-25(10-12-26)21-7-5-20(24)6-8-21/h3-8,17H,2,9-16H2,1H3. The number of nitrogens with zero attached hydrogens (tertiary/aromatic N) is 3. The van der Waals surface area contributed by atoms with E-state index < -0.39 is 10.0 Å². The highest BCUT2D eigenvalue weighted by atomic mass is 32.2. The quantitative estimate of drug-likeness (QED) is 0.684. The van der Waals surface area contributed by atoms with Crippen molar-refractivity contribution < 1.29 is 22.3 Å². The molecule has 2 aliphatic rings. The third kappa shape index (κ3) is 4.65. The Morgan fingerprint density at radius 2 is 1.62 bits per heavy atom. The minimum absolute atomic E-state index is 0.176. The molecule has 2 heterocycles. The van der Waals surface area contributed by atoms with Crippen LogP contribution in [0, 0.1) is 5.82 Å². The number of ether oxygens (including phenoxy) is 1. The molecule has 7 nitrogen and oxygen atoms in total. The van der Waals surface area contributed by atoms with E-state index in [1.165, 1.54) is 22.5 Å². The lowest BCUT2D eigenvalue weighted by molar-refractivity contribution is 0.0729. The number of benzene rings is 2. The van der Waals surface area contributed by atoms with Gasteiger partial charge in [-0.3, -0.25) is 4.79 Å². The van der Waals surface area contributed by atoms with Gasteiger partial charge in [0, 0.05) is 50.5 Å². The van der Waals surface area contributed by atoms with Gasteiger partial charge in [-0.15, -0.1) is 0 Å². The summed E-state index contributed by atoms with van der Waals surface area (Å²) >= 11 is 0. The molecule has 0 saturated carbocycles.